The van der Waals surface area contributed by atoms with Crippen LogP contribution in [0.5, 0.6) is 23.0 Å². The lowest BCUT2D eigenvalue weighted by Crippen LogP contribution is -2.10. The van der Waals surface area contributed by atoms with Crippen molar-refractivity contribution in [1.29, 1.82) is 0 Å². The molecule has 0 N–H and O–H groups in total. The van der Waals surface area contributed by atoms with E-state index in [2.05, 4.69) is 13.2 Å². The molecule has 0 aromatic heterocycles. The fraction of sp³-hybridized carbons (Fsp3) is 0.366. The molecule has 0 saturated heterocycles. The molecule has 3 aromatic rings. The van der Waals surface area contributed by atoms with E-state index in [-0.39, 0.29) is 11.9 Å². The molecular formula is C41H48O10. The molecule has 0 atom stereocenters. The van der Waals surface area contributed by atoms with Crippen molar-refractivity contribution < 1.29 is 47.6 Å². The number of hydrogen-bond donors (Lipinski definition) is 0. The van der Waals surface area contributed by atoms with E-state index >= 15 is 0 Å². The topological polar surface area (TPSA) is 124 Å². The van der Waals surface area contributed by atoms with E-state index < -0.39 is 11.9 Å². The number of benzene rings is 3. The number of rotatable bonds is 22. The first kappa shape index (κ1) is 40.1. The molecule has 0 amide bonds. The van der Waals surface area contributed by atoms with Crippen LogP contribution in [0.25, 0.3) is 0 Å². The van der Waals surface area contributed by atoms with Gasteiger partial charge in [0.2, 0.25) is 0 Å². The van der Waals surface area contributed by atoms with Gasteiger partial charge in [0, 0.05) is 11.1 Å². The molecule has 0 heterocycles. The standard InChI is InChI=1S/C41H48O10/c1-29(2)38(42)48-26-12-8-6-10-24-46-34-18-14-32(15-19-34)40(44)50-36-22-23-37(31(5)28-36)51-41(45)33-16-20-35(21-17-33)47-25-11-7-9-13-27-49-39(43)30(3)4/h14-23,28H,1,3,6-13,24-27H2,2,4-5H3. The minimum Gasteiger partial charge on any atom is -0.494 e. The number of unbranched alkanes of at least 4 members (excludes halogenated alkanes) is 6. The summed E-state index contributed by atoms with van der Waals surface area (Å²) in [7, 11) is 0. The van der Waals surface area contributed by atoms with Gasteiger partial charge in [0.05, 0.1) is 37.6 Å². The van der Waals surface area contributed by atoms with E-state index in [1.54, 1.807) is 87.5 Å². The Morgan fingerprint density at radius 1 is 0.510 bits per heavy atom. The molecule has 0 spiro atoms. The van der Waals surface area contributed by atoms with Crippen molar-refractivity contribution in [1.82, 2.24) is 0 Å². The van der Waals surface area contributed by atoms with Crippen LogP contribution in [0, 0.1) is 6.92 Å². The molecular weight excluding hydrogens is 652 g/mol. The average Bonchev–Trinajstić information content (AvgIpc) is 3.11. The molecule has 0 saturated carbocycles. The summed E-state index contributed by atoms with van der Waals surface area (Å²) < 4.78 is 32.8. The van der Waals surface area contributed by atoms with Crippen LogP contribution in [0.2, 0.25) is 0 Å². The lowest BCUT2D eigenvalue weighted by atomic mass is 10.2. The first-order valence-electron chi connectivity index (χ1n) is 17.2. The molecule has 0 aliphatic heterocycles. The summed E-state index contributed by atoms with van der Waals surface area (Å²) in [5.74, 6) is 0.197. The highest BCUT2D eigenvalue weighted by molar-refractivity contribution is 5.92. The van der Waals surface area contributed by atoms with Crippen LogP contribution in [0.3, 0.4) is 0 Å². The molecule has 10 heteroatoms. The minimum atomic E-state index is -0.526. The van der Waals surface area contributed by atoms with Gasteiger partial charge in [0.15, 0.2) is 0 Å². The predicted octanol–water partition coefficient (Wildman–Crippen LogP) is 8.55. The first-order chi connectivity index (χ1) is 24.5. The van der Waals surface area contributed by atoms with Crippen LogP contribution in [0.15, 0.2) is 91.0 Å². The van der Waals surface area contributed by atoms with Gasteiger partial charge >= 0.3 is 23.9 Å². The van der Waals surface area contributed by atoms with E-state index in [9.17, 15) is 19.2 Å². The molecule has 0 fully saturated rings. The van der Waals surface area contributed by atoms with Crippen molar-refractivity contribution in [2.75, 3.05) is 26.4 Å². The molecule has 0 radical (unpaired) electrons. The third kappa shape index (κ3) is 15.0. The van der Waals surface area contributed by atoms with Gasteiger partial charge in [-0.3, -0.25) is 0 Å². The zero-order valence-corrected chi connectivity index (χ0v) is 29.8. The molecule has 272 valence electrons. The second-order valence-corrected chi connectivity index (χ2v) is 12.1. The summed E-state index contributed by atoms with van der Waals surface area (Å²) in [5.41, 5.74) is 2.16. The van der Waals surface area contributed by atoms with Crippen molar-refractivity contribution >= 4 is 23.9 Å². The van der Waals surface area contributed by atoms with Crippen molar-refractivity contribution in [3.05, 3.63) is 108 Å². The van der Waals surface area contributed by atoms with Crippen LogP contribution in [-0.4, -0.2) is 50.3 Å². The Morgan fingerprint density at radius 3 is 1.31 bits per heavy atom. The second-order valence-electron chi connectivity index (χ2n) is 12.1. The Hall–Kier alpha value is -5.38. The predicted molar refractivity (Wildman–Crippen MR) is 193 cm³/mol. The maximum atomic E-state index is 12.8. The number of ether oxygens (including phenoxy) is 6. The van der Waals surface area contributed by atoms with Crippen LogP contribution in [0.4, 0.5) is 0 Å². The number of carbonyl (C=O) groups excluding carboxylic acids is 4. The van der Waals surface area contributed by atoms with Gasteiger partial charge in [-0.2, -0.15) is 0 Å². The second kappa shape index (κ2) is 21.7. The van der Waals surface area contributed by atoms with Crippen molar-refractivity contribution in [3.63, 3.8) is 0 Å². The quantitative estimate of drug-likeness (QED) is 0.0436. The zero-order valence-electron chi connectivity index (χ0n) is 29.8. The SMILES string of the molecule is C=C(C)C(=O)OCCCCCCOc1ccc(C(=O)Oc2ccc(OC(=O)c3ccc(OCCCCCCOC(=O)C(=C)C)cc3)c(C)c2)cc1. The maximum Gasteiger partial charge on any atom is 0.343 e. The van der Waals surface area contributed by atoms with Crippen LogP contribution >= 0.6 is 0 Å². The summed E-state index contributed by atoms with van der Waals surface area (Å²) in [4.78, 5) is 48.3. The smallest absolute Gasteiger partial charge is 0.343 e. The third-order valence-corrected chi connectivity index (χ3v) is 7.52. The summed E-state index contributed by atoms with van der Waals surface area (Å²) in [6.45, 7) is 14.0. The summed E-state index contributed by atoms with van der Waals surface area (Å²) in [5, 5.41) is 0. The Labute approximate surface area is 300 Å². The average molecular weight is 701 g/mol. The number of esters is 4. The third-order valence-electron chi connectivity index (χ3n) is 7.52. The largest absolute Gasteiger partial charge is 0.494 e. The molecule has 0 bridgehead atoms. The molecule has 0 aliphatic carbocycles. The van der Waals surface area contributed by atoms with Crippen LogP contribution in [0.1, 0.15) is 91.5 Å². The fourth-order valence-corrected chi connectivity index (χ4v) is 4.57. The minimum absolute atomic E-state index is 0.319. The van der Waals surface area contributed by atoms with Gasteiger partial charge in [-0.15, -0.1) is 0 Å². The highest BCUT2D eigenvalue weighted by Crippen LogP contribution is 2.26. The Balaban J connectivity index is 1.34. The summed E-state index contributed by atoms with van der Waals surface area (Å²) in [6.07, 6.45) is 7.02. The number of aryl methyl sites for hydroxylation is 1. The summed E-state index contributed by atoms with van der Waals surface area (Å²) in [6, 6.07) is 18.2. The first-order valence-corrected chi connectivity index (χ1v) is 17.2. The normalized spacial score (nSPS) is 10.5. The summed E-state index contributed by atoms with van der Waals surface area (Å²) >= 11 is 0. The number of carbonyl (C=O) groups is 4. The van der Waals surface area contributed by atoms with Gasteiger partial charge in [-0.25, -0.2) is 19.2 Å². The monoisotopic (exact) mass is 700 g/mol. The van der Waals surface area contributed by atoms with Crippen molar-refractivity contribution in [2.45, 2.75) is 72.1 Å². The molecule has 10 nitrogen and oxygen atoms in total. The van der Waals surface area contributed by atoms with E-state index in [1.807, 2.05) is 0 Å². The molecule has 3 aromatic carbocycles. The molecule has 0 aliphatic rings. The van der Waals surface area contributed by atoms with E-state index in [4.69, 9.17) is 28.4 Å². The van der Waals surface area contributed by atoms with Gasteiger partial charge in [0.25, 0.3) is 0 Å². The van der Waals surface area contributed by atoms with Crippen molar-refractivity contribution in [3.8, 4) is 23.0 Å². The molecule has 0 unspecified atom stereocenters. The fourth-order valence-electron chi connectivity index (χ4n) is 4.57. The number of hydrogen-bond acceptors (Lipinski definition) is 10. The Kier molecular flexibility index (Phi) is 17.0. The zero-order chi connectivity index (χ0) is 37.0. The lowest BCUT2D eigenvalue weighted by molar-refractivity contribution is -0.139. The maximum absolute atomic E-state index is 12.8. The van der Waals surface area contributed by atoms with Gasteiger partial charge in [-0.05, 0) is 144 Å². The lowest BCUT2D eigenvalue weighted by Gasteiger charge is -2.11. The van der Waals surface area contributed by atoms with E-state index in [0.29, 0.717) is 77.3 Å². The molecule has 3 rings (SSSR count). The van der Waals surface area contributed by atoms with E-state index in [1.165, 1.54) is 0 Å². The highest BCUT2D eigenvalue weighted by atomic mass is 16.5. The van der Waals surface area contributed by atoms with Gasteiger partial charge in [-0.1, -0.05) is 13.2 Å². The van der Waals surface area contributed by atoms with Crippen molar-refractivity contribution in [2.24, 2.45) is 0 Å². The Morgan fingerprint density at radius 2 is 0.902 bits per heavy atom. The van der Waals surface area contributed by atoms with E-state index in [0.717, 1.165) is 51.4 Å². The molecule has 51 heavy (non-hydrogen) atoms. The highest BCUT2D eigenvalue weighted by Gasteiger charge is 2.14. The van der Waals surface area contributed by atoms with Gasteiger partial charge < -0.3 is 28.4 Å². The Bertz CT molecular complexity index is 1620. The van der Waals surface area contributed by atoms with Crippen LogP contribution in [-0.2, 0) is 19.1 Å². The van der Waals surface area contributed by atoms with Gasteiger partial charge in [0.1, 0.15) is 23.0 Å². The van der Waals surface area contributed by atoms with Crippen LogP contribution < -0.4 is 18.9 Å².